The maximum absolute atomic E-state index is 9.21. The third-order valence-electron chi connectivity index (χ3n) is 2.42. The van der Waals surface area contributed by atoms with Crippen LogP contribution in [-0.4, -0.2) is 16.6 Å². The van der Waals surface area contributed by atoms with Gasteiger partial charge in [0.05, 0.1) is 5.69 Å². The number of anilines is 1. The minimum Gasteiger partial charge on any atom is -0.508 e. The van der Waals surface area contributed by atoms with Crippen LogP contribution in [0, 0.1) is 0 Å². The number of thioether (sulfide) groups is 1. The Hall–Kier alpha value is -1.68. The van der Waals surface area contributed by atoms with Gasteiger partial charge >= 0.3 is 0 Å². The summed E-state index contributed by atoms with van der Waals surface area (Å²) in [6.45, 7) is 2.99. The van der Waals surface area contributed by atoms with Crippen molar-refractivity contribution in [2.75, 3.05) is 11.9 Å². The summed E-state index contributed by atoms with van der Waals surface area (Å²) >= 11 is 1.71. The van der Waals surface area contributed by atoms with Crippen molar-refractivity contribution in [1.82, 2.24) is 4.98 Å². The first kappa shape index (κ1) is 12.8. The van der Waals surface area contributed by atoms with E-state index in [0.29, 0.717) is 5.75 Å². The Morgan fingerprint density at radius 3 is 2.72 bits per heavy atom. The Bertz CT molecular complexity index is 499. The molecule has 1 aromatic carbocycles. The van der Waals surface area contributed by atoms with Crippen LogP contribution in [0.15, 0.2) is 47.5 Å². The molecule has 0 unspecified atom stereocenters. The van der Waals surface area contributed by atoms with E-state index >= 15 is 0 Å². The quantitative estimate of drug-likeness (QED) is 0.807. The predicted molar refractivity (Wildman–Crippen MR) is 76.1 cm³/mol. The van der Waals surface area contributed by atoms with E-state index in [-0.39, 0.29) is 0 Å². The molecule has 0 saturated carbocycles. The van der Waals surface area contributed by atoms with Crippen LogP contribution in [-0.2, 0) is 5.75 Å². The van der Waals surface area contributed by atoms with Gasteiger partial charge in [0.2, 0.25) is 0 Å². The van der Waals surface area contributed by atoms with Crippen LogP contribution in [0.2, 0.25) is 0 Å². The van der Waals surface area contributed by atoms with Gasteiger partial charge in [-0.25, -0.2) is 0 Å². The number of hydrogen-bond donors (Lipinski definition) is 2. The van der Waals surface area contributed by atoms with Crippen LogP contribution >= 0.6 is 11.8 Å². The van der Waals surface area contributed by atoms with Crippen molar-refractivity contribution < 1.29 is 5.11 Å². The summed E-state index contributed by atoms with van der Waals surface area (Å²) in [5.74, 6) is 1.12. The van der Waals surface area contributed by atoms with Crippen LogP contribution in [0.25, 0.3) is 0 Å². The van der Waals surface area contributed by atoms with E-state index in [0.717, 1.165) is 28.6 Å². The normalized spacial score (nSPS) is 10.3. The van der Waals surface area contributed by atoms with Gasteiger partial charge in [0.15, 0.2) is 0 Å². The SMILES string of the molecule is CCNc1ccnc(CSc2ccc(O)cc2)c1. The Morgan fingerprint density at radius 1 is 1.22 bits per heavy atom. The summed E-state index contributed by atoms with van der Waals surface area (Å²) in [5, 5.41) is 12.5. The molecule has 0 saturated heterocycles. The number of aromatic hydroxyl groups is 1. The van der Waals surface area contributed by atoms with E-state index in [2.05, 4.69) is 23.3 Å². The molecule has 2 rings (SSSR count). The van der Waals surface area contributed by atoms with Gasteiger partial charge in [-0.05, 0) is 43.3 Å². The van der Waals surface area contributed by atoms with Crippen LogP contribution in [0.3, 0.4) is 0 Å². The highest BCUT2D eigenvalue weighted by molar-refractivity contribution is 7.98. The molecule has 2 N–H and O–H groups in total. The minimum atomic E-state index is 0.298. The molecule has 0 aliphatic carbocycles. The molecule has 0 radical (unpaired) electrons. The van der Waals surface area contributed by atoms with Gasteiger partial charge in [0.1, 0.15) is 5.75 Å². The van der Waals surface area contributed by atoms with E-state index in [1.807, 2.05) is 24.4 Å². The third kappa shape index (κ3) is 3.67. The van der Waals surface area contributed by atoms with Crippen LogP contribution in [0.1, 0.15) is 12.6 Å². The lowest BCUT2D eigenvalue weighted by molar-refractivity contribution is 0.475. The lowest BCUT2D eigenvalue weighted by Crippen LogP contribution is -1.97. The molecule has 2 aromatic rings. The van der Waals surface area contributed by atoms with E-state index < -0.39 is 0 Å². The Kier molecular flexibility index (Phi) is 4.47. The van der Waals surface area contributed by atoms with Crippen LogP contribution in [0.5, 0.6) is 5.75 Å². The highest BCUT2D eigenvalue weighted by Gasteiger charge is 1.99. The molecule has 0 atom stereocenters. The molecular formula is C14H16N2OS. The monoisotopic (exact) mass is 260 g/mol. The molecule has 0 amide bonds. The first-order valence-electron chi connectivity index (χ1n) is 5.88. The smallest absolute Gasteiger partial charge is 0.115 e. The van der Waals surface area contributed by atoms with E-state index in [9.17, 15) is 5.11 Å². The molecule has 0 spiro atoms. The zero-order chi connectivity index (χ0) is 12.8. The molecule has 1 aromatic heterocycles. The highest BCUT2D eigenvalue weighted by Crippen LogP contribution is 2.24. The van der Waals surface area contributed by atoms with Gasteiger partial charge < -0.3 is 10.4 Å². The van der Waals surface area contributed by atoms with Crippen LogP contribution in [0.4, 0.5) is 5.69 Å². The maximum Gasteiger partial charge on any atom is 0.115 e. The highest BCUT2D eigenvalue weighted by atomic mass is 32.2. The predicted octanol–water partition coefficient (Wildman–Crippen LogP) is 3.51. The molecular weight excluding hydrogens is 244 g/mol. The Labute approximate surface area is 111 Å². The summed E-state index contributed by atoms with van der Waals surface area (Å²) in [5.41, 5.74) is 2.15. The average molecular weight is 260 g/mol. The van der Waals surface area contributed by atoms with Crippen molar-refractivity contribution in [2.24, 2.45) is 0 Å². The first-order chi connectivity index (χ1) is 8.78. The van der Waals surface area contributed by atoms with Gasteiger partial charge in [-0.2, -0.15) is 0 Å². The van der Waals surface area contributed by atoms with Crippen molar-refractivity contribution in [1.29, 1.82) is 0 Å². The largest absolute Gasteiger partial charge is 0.508 e. The maximum atomic E-state index is 9.21. The van der Waals surface area contributed by atoms with Crippen molar-refractivity contribution in [3.8, 4) is 5.75 Å². The summed E-state index contributed by atoms with van der Waals surface area (Å²) in [6, 6.07) is 11.3. The number of pyridine rings is 1. The van der Waals surface area contributed by atoms with Gasteiger partial charge in [-0.15, -0.1) is 11.8 Å². The molecule has 0 bridgehead atoms. The number of hydrogen-bond acceptors (Lipinski definition) is 4. The summed E-state index contributed by atoms with van der Waals surface area (Å²) in [4.78, 5) is 5.47. The second-order valence-corrected chi connectivity index (χ2v) is 4.90. The van der Waals surface area contributed by atoms with Crippen molar-refractivity contribution in [2.45, 2.75) is 17.6 Å². The number of rotatable bonds is 5. The molecule has 0 fully saturated rings. The zero-order valence-electron chi connectivity index (χ0n) is 10.3. The second-order valence-electron chi connectivity index (χ2n) is 3.85. The van der Waals surface area contributed by atoms with Gasteiger partial charge in [-0.3, -0.25) is 4.98 Å². The number of phenolic OH excluding ortho intramolecular Hbond substituents is 1. The zero-order valence-corrected chi connectivity index (χ0v) is 11.1. The molecule has 4 heteroatoms. The number of nitrogens with one attached hydrogen (secondary N) is 1. The fraction of sp³-hybridized carbons (Fsp3) is 0.214. The molecule has 0 aliphatic rings. The van der Waals surface area contributed by atoms with Crippen molar-refractivity contribution >= 4 is 17.4 Å². The Balaban J connectivity index is 1.97. The molecule has 3 nitrogen and oxygen atoms in total. The summed E-state index contributed by atoms with van der Waals surface area (Å²) in [6.07, 6.45) is 1.82. The van der Waals surface area contributed by atoms with Crippen molar-refractivity contribution in [3.63, 3.8) is 0 Å². The minimum absolute atomic E-state index is 0.298. The number of aromatic nitrogens is 1. The van der Waals surface area contributed by atoms with Gasteiger partial charge in [0, 0.05) is 29.1 Å². The molecule has 94 valence electrons. The third-order valence-corrected chi connectivity index (χ3v) is 3.47. The topological polar surface area (TPSA) is 45.2 Å². The molecule has 0 aliphatic heterocycles. The van der Waals surface area contributed by atoms with Gasteiger partial charge in [0.25, 0.3) is 0 Å². The fourth-order valence-corrected chi connectivity index (χ4v) is 2.37. The van der Waals surface area contributed by atoms with Gasteiger partial charge in [-0.1, -0.05) is 0 Å². The average Bonchev–Trinajstić information content (AvgIpc) is 2.39. The lowest BCUT2D eigenvalue weighted by atomic mass is 10.3. The fourth-order valence-electron chi connectivity index (χ4n) is 1.57. The lowest BCUT2D eigenvalue weighted by Gasteiger charge is -2.05. The first-order valence-corrected chi connectivity index (χ1v) is 6.87. The number of benzene rings is 1. The van der Waals surface area contributed by atoms with E-state index in [1.54, 1.807) is 23.9 Å². The number of phenols is 1. The standard InChI is InChI=1S/C14H16N2OS/c1-2-15-11-7-8-16-12(9-11)10-18-14-5-3-13(17)4-6-14/h3-9,17H,2,10H2,1H3,(H,15,16). The van der Waals surface area contributed by atoms with E-state index in [1.165, 1.54) is 0 Å². The summed E-state index contributed by atoms with van der Waals surface area (Å²) < 4.78 is 0. The molecule has 1 heterocycles. The molecule has 18 heavy (non-hydrogen) atoms. The Morgan fingerprint density at radius 2 is 2.00 bits per heavy atom. The van der Waals surface area contributed by atoms with E-state index in [4.69, 9.17) is 0 Å². The summed E-state index contributed by atoms with van der Waals surface area (Å²) in [7, 11) is 0. The number of nitrogens with zero attached hydrogens (tertiary/aromatic N) is 1. The second kappa shape index (κ2) is 6.31. The van der Waals surface area contributed by atoms with Crippen LogP contribution < -0.4 is 5.32 Å². The van der Waals surface area contributed by atoms with Crippen molar-refractivity contribution in [3.05, 3.63) is 48.3 Å².